The predicted molar refractivity (Wildman–Crippen MR) is 72.0 cm³/mol. The van der Waals surface area contributed by atoms with E-state index in [4.69, 9.17) is 0 Å². The number of aromatic nitrogens is 1. The lowest BCUT2D eigenvalue weighted by Crippen LogP contribution is -2.26. The summed E-state index contributed by atoms with van der Waals surface area (Å²) in [7, 11) is 1.56. The minimum Gasteiger partial charge on any atom is -0.354 e. The number of fused-ring (bicyclic) bond motifs is 1. The smallest absolute Gasteiger partial charge is 0.267 e. The van der Waals surface area contributed by atoms with Crippen LogP contribution in [0.1, 0.15) is 30.4 Å². The highest BCUT2D eigenvalue weighted by Crippen LogP contribution is 2.18. The molecule has 94 valence electrons. The van der Waals surface area contributed by atoms with Gasteiger partial charge < -0.3 is 9.88 Å². The van der Waals surface area contributed by atoms with Crippen molar-refractivity contribution in [1.82, 2.24) is 9.88 Å². The Morgan fingerprint density at radius 2 is 1.94 bits per heavy atom. The molecule has 1 aromatic carbocycles. The molecular weight excluding hydrogens is 228 g/mol. The Kier molecular flexibility index (Phi) is 3.19. The number of carbonyl (C=O) groups excluding carboxylic acids is 1. The van der Waals surface area contributed by atoms with Crippen molar-refractivity contribution < 1.29 is 4.79 Å². The third kappa shape index (κ3) is 1.90. The Balaban J connectivity index is 2.91. The molecular formula is C14H16N2O2. The van der Waals surface area contributed by atoms with Crippen LogP contribution < -0.4 is 10.7 Å². The zero-order valence-corrected chi connectivity index (χ0v) is 10.7. The molecule has 0 saturated carbocycles. The maximum atomic E-state index is 12.0. The average molecular weight is 244 g/mol. The van der Waals surface area contributed by atoms with Crippen molar-refractivity contribution in [2.45, 2.75) is 19.9 Å². The first-order valence-corrected chi connectivity index (χ1v) is 5.92. The number of hydrogen-bond acceptors (Lipinski definition) is 2. The first-order chi connectivity index (χ1) is 8.56. The molecule has 18 heavy (non-hydrogen) atoms. The molecule has 4 heteroatoms. The second-order valence-electron chi connectivity index (χ2n) is 4.45. The average Bonchev–Trinajstić information content (AvgIpc) is 2.37. The second kappa shape index (κ2) is 4.64. The number of rotatable bonds is 2. The van der Waals surface area contributed by atoms with Crippen LogP contribution in [0.15, 0.2) is 35.1 Å². The summed E-state index contributed by atoms with van der Waals surface area (Å²) in [5.74, 6) is -0.244. The summed E-state index contributed by atoms with van der Waals surface area (Å²) in [5.41, 5.74) is 1.07. The van der Waals surface area contributed by atoms with Gasteiger partial charge in [0.1, 0.15) is 5.69 Å². The highest BCUT2D eigenvalue weighted by molar-refractivity contribution is 5.95. The molecule has 1 heterocycles. The molecule has 1 N–H and O–H groups in total. The van der Waals surface area contributed by atoms with E-state index in [-0.39, 0.29) is 17.4 Å². The Morgan fingerprint density at radius 1 is 1.28 bits per heavy atom. The molecule has 0 fully saturated rings. The summed E-state index contributed by atoms with van der Waals surface area (Å²) >= 11 is 0. The van der Waals surface area contributed by atoms with E-state index < -0.39 is 0 Å². The second-order valence-corrected chi connectivity index (χ2v) is 4.45. The van der Waals surface area contributed by atoms with Gasteiger partial charge in [-0.05, 0) is 26.0 Å². The van der Waals surface area contributed by atoms with Crippen molar-refractivity contribution in [3.63, 3.8) is 0 Å². The van der Waals surface area contributed by atoms with Crippen molar-refractivity contribution in [3.8, 4) is 0 Å². The Labute approximate surface area is 105 Å². The van der Waals surface area contributed by atoms with E-state index in [9.17, 15) is 9.59 Å². The lowest BCUT2D eigenvalue weighted by atomic mass is 10.1. The summed E-state index contributed by atoms with van der Waals surface area (Å²) in [5, 5.41) is 3.21. The lowest BCUT2D eigenvalue weighted by molar-refractivity contribution is 0.0952. The van der Waals surface area contributed by atoms with Crippen LogP contribution in [-0.4, -0.2) is 17.5 Å². The molecule has 0 spiro atoms. The zero-order valence-electron chi connectivity index (χ0n) is 10.7. The quantitative estimate of drug-likeness (QED) is 0.877. The summed E-state index contributed by atoms with van der Waals surface area (Å²) in [6, 6.07) is 8.85. The van der Waals surface area contributed by atoms with Crippen LogP contribution in [0.4, 0.5) is 0 Å². The van der Waals surface area contributed by atoms with Crippen molar-refractivity contribution in [2.75, 3.05) is 7.05 Å². The number of pyridine rings is 1. The van der Waals surface area contributed by atoms with E-state index in [0.717, 1.165) is 5.52 Å². The SMILES string of the molecule is CNC(=O)c1cc(=O)c2ccccc2n1C(C)C. The first-order valence-electron chi connectivity index (χ1n) is 5.92. The van der Waals surface area contributed by atoms with Gasteiger partial charge >= 0.3 is 0 Å². The number of amides is 1. The molecule has 0 aliphatic rings. The Morgan fingerprint density at radius 3 is 2.56 bits per heavy atom. The van der Waals surface area contributed by atoms with Gasteiger partial charge in [-0.25, -0.2) is 0 Å². The lowest BCUT2D eigenvalue weighted by Gasteiger charge is -2.19. The molecule has 1 amide bonds. The van der Waals surface area contributed by atoms with Crippen LogP contribution in [-0.2, 0) is 0 Å². The number of nitrogens with one attached hydrogen (secondary N) is 1. The molecule has 0 unspecified atom stereocenters. The van der Waals surface area contributed by atoms with E-state index in [1.165, 1.54) is 6.07 Å². The van der Waals surface area contributed by atoms with Gasteiger partial charge in [0.25, 0.3) is 5.91 Å². The van der Waals surface area contributed by atoms with Gasteiger partial charge in [-0.15, -0.1) is 0 Å². The molecule has 2 aromatic rings. The van der Waals surface area contributed by atoms with Crippen LogP contribution in [0, 0.1) is 0 Å². The Hall–Kier alpha value is -2.10. The van der Waals surface area contributed by atoms with Gasteiger partial charge in [0, 0.05) is 24.5 Å². The van der Waals surface area contributed by atoms with Gasteiger partial charge in [-0.3, -0.25) is 9.59 Å². The van der Waals surface area contributed by atoms with Gasteiger partial charge in [0.2, 0.25) is 0 Å². The third-order valence-electron chi connectivity index (χ3n) is 2.93. The topological polar surface area (TPSA) is 51.1 Å². The van der Waals surface area contributed by atoms with Crippen molar-refractivity contribution in [1.29, 1.82) is 0 Å². The van der Waals surface area contributed by atoms with Gasteiger partial charge in [-0.2, -0.15) is 0 Å². The van der Waals surface area contributed by atoms with Crippen LogP contribution in [0.2, 0.25) is 0 Å². The predicted octanol–water partition coefficient (Wildman–Crippen LogP) is 1.94. The van der Waals surface area contributed by atoms with Crippen molar-refractivity contribution >= 4 is 16.8 Å². The van der Waals surface area contributed by atoms with Gasteiger partial charge in [-0.1, -0.05) is 12.1 Å². The summed E-state index contributed by atoms with van der Waals surface area (Å²) in [6.07, 6.45) is 0. The highest BCUT2D eigenvalue weighted by atomic mass is 16.2. The number of para-hydroxylation sites is 1. The third-order valence-corrected chi connectivity index (χ3v) is 2.93. The molecule has 4 nitrogen and oxygen atoms in total. The molecule has 0 aliphatic carbocycles. The molecule has 0 aliphatic heterocycles. The fraction of sp³-hybridized carbons (Fsp3) is 0.286. The fourth-order valence-electron chi connectivity index (χ4n) is 2.15. The van der Waals surface area contributed by atoms with Crippen LogP contribution in [0.5, 0.6) is 0 Å². The number of nitrogens with zero attached hydrogens (tertiary/aromatic N) is 1. The molecule has 2 rings (SSSR count). The molecule has 0 atom stereocenters. The van der Waals surface area contributed by atoms with Gasteiger partial charge in [0.15, 0.2) is 5.43 Å². The minimum atomic E-state index is -0.244. The van der Waals surface area contributed by atoms with Crippen LogP contribution >= 0.6 is 0 Å². The van der Waals surface area contributed by atoms with Crippen molar-refractivity contribution in [3.05, 3.63) is 46.2 Å². The molecule has 0 bridgehead atoms. The molecule has 0 radical (unpaired) electrons. The number of hydrogen-bond donors (Lipinski definition) is 1. The van der Waals surface area contributed by atoms with Crippen molar-refractivity contribution in [2.24, 2.45) is 0 Å². The van der Waals surface area contributed by atoms with E-state index in [1.54, 1.807) is 13.1 Å². The van der Waals surface area contributed by atoms with Crippen LogP contribution in [0.25, 0.3) is 10.9 Å². The van der Waals surface area contributed by atoms with Gasteiger partial charge in [0.05, 0.1) is 5.52 Å². The minimum absolute atomic E-state index is 0.0998. The largest absolute Gasteiger partial charge is 0.354 e. The van der Waals surface area contributed by atoms with E-state index >= 15 is 0 Å². The monoisotopic (exact) mass is 244 g/mol. The maximum absolute atomic E-state index is 12.0. The normalized spacial score (nSPS) is 10.9. The first kappa shape index (κ1) is 12.4. The Bertz CT molecular complexity index is 656. The highest BCUT2D eigenvalue weighted by Gasteiger charge is 2.15. The molecule has 1 aromatic heterocycles. The fourth-order valence-corrected chi connectivity index (χ4v) is 2.15. The zero-order chi connectivity index (χ0) is 13.3. The summed E-state index contributed by atoms with van der Waals surface area (Å²) in [6.45, 7) is 3.98. The van der Waals surface area contributed by atoms with Crippen LogP contribution in [0.3, 0.4) is 0 Å². The van der Waals surface area contributed by atoms with E-state index in [1.807, 2.05) is 36.6 Å². The number of carbonyl (C=O) groups is 1. The number of benzene rings is 1. The standard InChI is InChI=1S/C14H16N2O2/c1-9(2)16-11-7-5-4-6-10(11)13(17)8-12(16)14(18)15-3/h4-9H,1-3H3,(H,15,18). The molecule has 0 saturated heterocycles. The van der Waals surface area contributed by atoms with E-state index in [0.29, 0.717) is 11.1 Å². The summed E-state index contributed by atoms with van der Waals surface area (Å²) < 4.78 is 1.88. The summed E-state index contributed by atoms with van der Waals surface area (Å²) in [4.78, 5) is 23.9. The maximum Gasteiger partial charge on any atom is 0.267 e. The van der Waals surface area contributed by atoms with E-state index in [2.05, 4.69) is 5.32 Å².